The molecule has 1 fully saturated rings. The first-order valence-electron chi connectivity index (χ1n) is 6.95. The Morgan fingerprint density at radius 2 is 1.94 bits per heavy atom. The van der Waals surface area contributed by atoms with Crippen molar-refractivity contribution in [3.63, 3.8) is 0 Å². The van der Waals surface area contributed by atoms with Crippen LogP contribution in [-0.4, -0.2) is 12.1 Å². The molecule has 2 aliphatic carbocycles. The van der Waals surface area contributed by atoms with E-state index in [1.54, 1.807) is 11.1 Å². The topological polar surface area (TPSA) is 38.0 Å². The van der Waals surface area contributed by atoms with Gasteiger partial charge in [-0.1, -0.05) is 6.07 Å². The summed E-state index contributed by atoms with van der Waals surface area (Å²) in [5, 5.41) is 3.66. The fraction of sp³-hybridized carbons (Fsp3) is 0.600. The van der Waals surface area contributed by atoms with Gasteiger partial charge in [-0.3, -0.25) is 0 Å². The van der Waals surface area contributed by atoms with Crippen LogP contribution in [0.1, 0.15) is 43.2 Å². The van der Waals surface area contributed by atoms with Crippen LogP contribution in [0, 0.1) is 0 Å². The third-order valence-electron chi connectivity index (χ3n) is 4.18. The van der Waals surface area contributed by atoms with Crippen molar-refractivity contribution >= 4 is 5.69 Å². The highest BCUT2D eigenvalue weighted by atomic mass is 14.9. The van der Waals surface area contributed by atoms with Crippen LogP contribution in [0.5, 0.6) is 0 Å². The van der Waals surface area contributed by atoms with E-state index in [1.165, 1.54) is 44.2 Å². The second-order valence-corrected chi connectivity index (χ2v) is 5.60. The largest absolute Gasteiger partial charge is 0.382 e. The Labute approximate surface area is 104 Å². The van der Waals surface area contributed by atoms with Gasteiger partial charge in [0.2, 0.25) is 0 Å². The van der Waals surface area contributed by atoms with Crippen LogP contribution in [0.4, 0.5) is 5.69 Å². The van der Waals surface area contributed by atoms with Crippen molar-refractivity contribution in [1.29, 1.82) is 0 Å². The fourth-order valence-corrected chi connectivity index (χ4v) is 3.26. The quantitative estimate of drug-likeness (QED) is 0.820. The Kier molecular flexibility index (Phi) is 3.06. The summed E-state index contributed by atoms with van der Waals surface area (Å²) in [6.45, 7) is 0. The first kappa shape index (κ1) is 11.1. The van der Waals surface area contributed by atoms with E-state index in [1.807, 2.05) is 0 Å². The van der Waals surface area contributed by atoms with Crippen molar-refractivity contribution in [1.82, 2.24) is 0 Å². The van der Waals surface area contributed by atoms with E-state index in [0.717, 1.165) is 6.42 Å². The summed E-state index contributed by atoms with van der Waals surface area (Å²) >= 11 is 0. The van der Waals surface area contributed by atoms with Crippen LogP contribution in [-0.2, 0) is 12.8 Å². The highest BCUT2D eigenvalue weighted by molar-refractivity contribution is 5.50. The zero-order valence-electron chi connectivity index (χ0n) is 10.4. The van der Waals surface area contributed by atoms with Gasteiger partial charge < -0.3 is 11.1 Å². The number of fused-ring (bicyclic) bond motifs is 1. The van der Waals surface area contributed by atoms with Crippen LogP contribution >= 0.6 is 0 Å². The first-order valence-corrected chi connectivity index (χ1v) is 6.95. The summed E-state index contributed by atoms with van der Waals surface area (Å²) < 4.78 is 0. The Hall–Kier alpha value is -1.02. The molecular formula is C15H22N2. The Morgan fingerprint density at radius 3 is 2.82 bits per heavy atom. The van der Waals surface area contributed by atoms with Crippen molar-refractivity contribution in [2.45, 2.75) is 57.0 Å². The predicted molar refractivity (Wildman–Crippen MR) is 72.3 cm³/mol. The maximum atomic E-state index is 6.03. The maximum Gasteiger partial charge on any atom is 0.0345 e. The summed E-state index contributed by atoms with van der Waals surface area (Å²) in [6.07, 6.45) is 8.71. The van der Waals surface area contributed by atoms with Gasteiger partial charge in [-0.2, -0.15) is 0 Å². The molecule has 0 aromatic heterocycles. The summed E-state index contributed by atoms with van der Waals surface area (Å²) in [5.74, 6) is 0. The second kappa shape index (κ2) is 4.69. The maximum absolute atomic E-state index is 6.03. The van der Waals surface area contributed by atoms with Gasteiger partial charge >= 0.3 is 0 Å². The third kappa shape index (κ3) is 2.47. The number of nitrogens with two attached hydrogens (primary N) is 1. The lowest BCUT2D eigenvalue weighted by atomic mass is 9.91. The minimum atomic E-state index is 0.399. The van der Waals surface area contributed by atoms with Gasteiger partial charge in [-0.05, 0) is 68.2 Å². The molecule has 1 aromatic rings. The average molecular weight is 230 g/mol. The van der Waals surface area contributed by atoms with E-state index in [2.05, 4.69) is 23.5 Å². The third-order valence-corrected chi connectivity index (χ3v) is 4.18. The summed E-state index contributed by atoms with van der Waals surface area (Å²) in [6, 6.07) is 7.87. The lowest BCUT2D eigenvalue weighted by molar-refractivity contribution is 0.409. The molecule has 2 nitrogen and oxygen atoms in total. The van der Waals surface area contributed by atoms with Gasteiger partial charge in [0.1, 0.15) is 0 Å². The molecule has 17 heavy (non-hydrogen) atoms. The molecule has 2 aliphatic rings. The minimum absolute atomic E-state index is 0.399. The van der Waals surface area contributed by atoms with Crippen LogP contribution in [0.2, 0.25) is 0 Å². The van der Waals surface area contributed by atoms with E-state index < -0.39 is 0 Å². The van der Waals surface area contributed by atoms with Crippen molar-refractivity contribution < 1.29 is 0 Å². The summed E-state index contributed by atoms with van der Waals surface area (Å²) in [4.78, 5) is 0. The highest BCUT2D eigenvalue weighted by Crippen LogP contribution is 2.27. The molecule has 92 valence electrons. The Bertz CT molecular complexity index is 400. The van der Waals surface area contributed by atoms with E-state index in [4.69, 9.17) is 5.73 Å². The minimum Gasteiger partial charge on any atom is -0.382 e. The smallest absolute Gasteiger partial charge is 0.0345 e. The number of benzene rings is 1. The molecule has 3 rings (SSSR count). The SMILES string of the molecule is NC1CCCC(Nc2ccc3c(c2)CCC3)C1. The number of hydrogen-bond acceptors (Lipinski definition) is 2. The fourth-order valence-electron chi connectivity index (χ4n) is 3.26. The van der Waals surface area contributed by atoms with E-state index >= 15 is 0 Å². The van der Waals surface area contributed by atoms with Crippen LogP contribution < -0.4 is 11.1 Å². The average Bonchev–Trinajstić information content (AvgIpc) is 2.76. The van der Waals surface area contributed by atoms with Crippen LogP contribution in [0.3, 0.4) is 0 Å². The Balaban J connectivity index is 1.68. The molecule has 2 unspecified atom stereocenters. The number of rotatable bonds is 2. The van der Waals surface area contributed by atoms with Crippen molar-refractivity contribution in [2.24, 2.45) is 5.73 Å². The zero-order valence-corrected chi connectivity index (χ0v) is 10.4. The van der Waals surface area contributed by atoms with Gasteiger partial charge in [0.15, 0.2) is 0 Å². The Morgan fingerprint density at radius 1 is 1.06 bits per heavy atom. The number of nitrogens with one attached hydrogen (secondary N) is 1. The highest BCUT2D eigenvalue weighted by Gasteiger charge is 2.19. The first-order chi connectivity index (χ1) is 8.31. The lowest BCUT2D eigenvalue weighted by Gasteiger charge is -2.28. The van der Waals surface area contributed by atoms with Gasteiger partial charge in [-0.25, -0.2) is 0 Å². The molecule has 0 radical (unpaired) electrons. The standard InChI is InChI=1S/C15H22N2/c16-13-5-2-6-14(10-13)17-15-8-7-11-3-1-4-12(11)9-15/h7-9,13-14,17H,1-6,10,16H2. The monoisotopic (exact) mass is 230 g/mol. The predicted octanol–water partition coefficient (Wildman–Crippen LogP) is 2.86. The molecule has 0 amide bonds. The normalized spacial score (nSPS) is 27.8. The lowest BCUT2D eigenvalue weighted by Crippen LogP contribution is -2.34. The summed E-state index contributed by atoms with van der Waals surface area (Å²) in [5.41, 5.74) is 10.4. The van der Waals surface area contributed by atoms with Crippen LogP contribution in [0.25, 0.3) is 0 Å². The van der Waals surface area contributed by atoms with Gasteiger partial charge in [0, 0.05) is 17.8 Å². The van der Waals surface area contributed by atoms with E-state index in [0.29, 0.717) is 12.1 Å². The number of hydrogen-bond donors (Lipinski definition) is 2. The molecule has 0 saturated heterocycles. The molecule has 0 bridgehead atoms. The van der Waals surface area contributed by atoms with Crippen molar-refractivity contribution in [3.8, 4) is 0 Å². The molecule has 0 aliphatic heterocycles. The van der Waals surface area contributed by atoms with E-state index in [9.17, 15) is 0 Å². The molecule has 1 saturated carbocycles. The van der Waals surface area contributed by atoms with Gasteiger partial charge in [-0.15, -0.1) is 0 Å². The summed E-state index contributed by atoms with van der Waals surface area (Å²) in [7, 11) is 0. The van der Waals surface area contributed by atoms with Crippen molar-refractivity contribution in [2.75, 3.05) is 5.32 Å². The van der Waals surface area contributed by atoms with Crippen LogP contribution in [0.15, 0.2) is 18.2 Å². The zero-order chi connectivity index (χ0) is 11.7. The molecule has 2 heteroatoms. The van der Waals surface area contributed by atoms with Crippen molar-refractivity contribution in [3.05, 3.63) is 29.3 Å². The van der Waals surface area contributed by atoms with E-state index in [-0.39, 0.29) is 0 Å². The number of anilines is 1. The van der Waals surface area contributed by atoms with Gasteiger partial charge in [0.25, 0.3) is 0 Å². The van der Waals surface area contributed by atoms with Gasteiger partial charge in [0.05, 0.1) is 0 Å². The molecule has 0 heterocycles. The molecule has 3 N–H and O–H groups in total. The molecule has 1 aromatic carbocycles. The molecular weight excluding hydrogens is 208 g/mol. The molecule has 2 atom stereocenters. The number of aryl methyl sites for hydroxylation is 2. The second-order valence-electron chi connectivity index (χ2n) is 5.60. The molecule has 0 spiro atoms.